The lowest BCUT2D eigenvalue weighted by molar-refractivity contribution is -0.145. The third-order valence-corrected chi connectivity index (χ3v) is 1.68. The maximum absolute atomic E-state index is 10.9. The second-order valence-corrected chi connectivity index (χ2v) is 4.95. The molecule has 0 aromatic carbocycles. The largest absolute Gasteiger partial charge is 0.465 e. The van der Waals surface area contributed by atoms with E-state index in [0.29, 0.717) is 6.61 Å². The molecule has 0 spiro atoms. The quantitative estimate of drug-likeness (QED) is 0.437. The molecule has 0 atom stereocenters. The zero-order chi connectivity index (χ0) is 10.5. The zero-order valence-electron chi connectivity index (χ0n) is 8.22. The van der Waals surface area contributed by atoms with Gasteiger partial charge in [-0.05, 0) is 27.8 Å². The highest BCUT2D eigenvalue weighted by molar-refractivity contribution is 9.18. The highest BCUT2D eigenvalue weighted by Crippen LogP contribution is 2.17. The van der Waals surface area contributed by atoms with Gasteiger partial charge in [-0.25, -0.2) is 0 Å². The highest BCUT2D eigenvalue weighted by atomic mass is 79.9. The fourth-order valence-electron chi connectivity index (χ4n) is 0.636. The number of hydrogen-bond donors (Lipinski definition) is 0. The van der Waals surface area contributed by atoms with Gasteiger partial charge in [0.05, 0.1) is 6.61 Å². The van der Waals surface area contributed by atoms with Gasteiger partial charge < -0.3 is 4.74 Å². The van der Waals surface area contributed by atoms with Crippen LogP contribution < -0.4 is 0 Å². The van der Waals surface area contributed by atoms with Crippen molar-refractivity contribution in [3.05, 3.63) is 0 Å². The first kappa shape index (κ1) is 12.6. The van der Waals surface area contributed by atoms with Crippen LogP contribution in [0, 0.1) is 5.41 Å². The Labute approximate surface area is 87.0 Å². The number of ether oxygens (including phenoxy) is 1. The Balaban J connectivity index is 3.54. The third kappa shape index (κ3) is 9.53. The van der Waals surface area contributed by atoms with Crippen LogP contribution in [0.15, 0.2) is 0 Å². The molecule has 0 amide bonds. The molecule has 13 heavy (non-hydrogen) atoms. The molecule has 0 bridgehead atoms. The van der Waals surface area contributed by atoms with Gasteiger partial charge in [-0.1, -0.05) is 20.8 Å². The van der Waals surface area contributed by atoms with Crippen LogP contribution >= 0.6 is 15.9 Å². The molecule has 0 rings (SSSR count). The van der Waals surface area contributed by atoms with Gasteiger partial charge in [0.25, 0.3) is 0 Å². The molecule has 0 aliphatic carbocycles. The maximum Gasteiger partial charge on any atom is 0.314 e. The van der Waals surface area contributed by atoms with Gasteiger partial charge in [-0.15, -0.1) is 0 Å². The number of esters is 1. The van der Waals surface area contributed by atoms with Gasteiger partial charge >= 0.3 is 5.97 Å². The van der Waals surface area contributed by atoms with Crippen molar-refractivity contribution in [2.24, 2.45) is 5.41 Å². The molecular formula is C9H15BrO3. The third-order valence-electron chi connectivity index (χ3n) is 1.40. The lowest BCUT2D eigenvalue weighted by atomic mass is 9.93. The standard InChI is InChI=1S/C9H15BrO3/c1-9(2,3)4-5-13-8(12)6-7(10)11/h4-6H2,1-3H3. The van der Waals surface area contributed by atoms with Gasteiger partial charge in [0.2, 0.25) is 4.69 Å². The normalized spacial score (nSPS) is 11.1. The summed E-state index contributed by atoms with van der Waals surface area (Å²) in [5.74, 6) is -0.467. The Hall–Kier alpha value is -0.380. The summed E-state index contributed by atoms with van der Waals surface area (Å²) in [6, 6.07) is 0. The molecule has 0 aliphatic heterocycles. The molecule has 0 heterocycles. The summed E-state index contributed by atoms with van der Waals surface area (Å²) in [6.45, 7) is 6.58. The molecule has 0 aromatic rings. The number of rotatable bonds is 4. The summed E-state index contributed by atoms with van der Waals surface area (Å²) in [4.78, 5) is 21.3. The lowest BCUT2D eigenvalue weighted by Crippen LogP contribution is -2.14. The minimum atomic E-state index is -0.467. The molecule has 0 aromatic heterocycles. The predicted octanol–water partition coefficient (Wildman–Crippen LogP) is 2.28. The van der Waals surface area contributed by atoms with Crippen LogP contribution in [0.5, 0.6) is 0 Å². The Bertz CT molecular complexity index is 194. The fraction of sp³-hybridized carbons (Fsp3) is 0.778. The van der Waals surface area contributed by atoms with E-state index in [-0.39, 0.29) is 16.5 Å². The maximum atomic E-state index is 10.9. The Kier molecular flexibility index (Phi) is 5.21. The van der Waals surface area contributed by atoms with E-state index >= 15 is 0 Å². The van der Waals surface area contributed by atoms with Crippen LogP contribution in [-0.2, 0) is 14.3 Å². The van der Waals surface area contributed by atoms with Crippen LogP contribution in [0.3, 0.4) is 0 Å². The first-order chi connectivity index (χ1) is 5.81. The van der Waals surface area contributed by atoms with Crippen molar-refractivity contribution >= 4 is 26.6 Å². The van der Waals surface area contributed by atoms with E-state index in [1.54, 1.807) is 0 Å². The minimum Gasteiger partial charge on any atom is -0.465 e. The number of halogens is 1. The first-order valence-corrected chi connectivity index (χ1v) is 4.94. The van der Waals surface area contributed by atoms with Crippen LogP contribution in [-0.4, -0.2) is 17.3 Å². The van der Waals surface area contributed by atoms with Crippen LogP contribution in [0.25, 0.3) is 0 Å². The lowest BCUT2D eigenvalue weighted by Gasteiger charge is -2.17. The van der Waals surface area contributed by atoms with Crippen molar-refractivity contribution in [1.29, 1.82) is 0 Å². The second kappa shape index (κ2) is 5.37. The predicted molar refractivity (Wildman–Crippen MR) is 53.6 cm³/mol. The van der Waals surface area contributed by atoms with E-state index in [1.165, 1.54) is 0 Å². The SMILES string of the molecule is CC(C)(C)CCOC(=O)CC(=O)Br. The molecule has 0 saturated heterocycles. The summed E-state index contributed by atoms with van der Waals surface area (Å²) in [7, 11) is 0. The Morgan fingerprint density at radius 2 is 1.85 bits per heavy atom. The van der Waals surface area contributed by atoms with Crippen molar-refractivity contribution in [1.82, 2.24) is 0 Å². The van der Waals surface area contributed by atoms with Gasteiger partial charge in [-0.3, -0.25) is 9.59 Å². The Morgan fingerprint density at radius 1 is 1.31 bits per heavy atom. The summed E-state index contributed by atoms with van der Waals surface area (Å²) >= 11 is 2.67. The van der Waals surface area contributed by atoms with Crippen molar-refractivity contribution in [3.63, 3.8) is 0 Å². The topological polar surface area (TPSA) is 43.4 Å². The molecule has 0 unspecified atom stereocenters. The van der Waals surface area contributed by atoms with Crippen molar-refractivity contribution < 1.29 is 14.3 Å². The molecule has 76 valence electrons. The van der Waals surface area contributed by atoms with Gasteiger partial charge in [0.15, 0.2) is 0 Å². The van der Waals surface area contributed by atoms with E-state index in [1.807, 2.05) is 0 Å². The molecule has 0 aliphatic rings. The van der Waals surface area contributed by atoms with Gasteiger partial charge in [0.1, 0.15) is 6.42 Å². The van der Waals surface area contributed by atoms with E-state index in [2.05, 4.69) is 36.7 Å². The van der Waals surface area contributed by atoms with Crippen LogP contribution in [0.1, 0.15) is 33.6 Å². The van der Waals surface area contributed by atoms with Gasteiger partial charge in [0, 0.05) is 0 Å². The van der Waals surface area contributed by atoms with E-state index < -0.39 is 5.97 Å². The first-order valence-electron chi connectivity index (χ1n) is 4.15. The van der Waals surface area contributed by atoms with E-state index in [0.717, 1.165) is 6.42 Å². The van der Waals surface area contributed by atoms with Crippen molar-refractivity contribution in [2.45, 2.75) is 33.6 Å². The number of carbonyl (C=O) groups excluding carboxylic acids is 2. The zero-order valence-corrected chi connectivity index (χ0v) is 9.81. The average molecular weight is 251 g/mol. The van der Waals surface area contributed by atoms with E-state index in [9.17, 15) is 9.59 Å². The van der Waals surface area contributed by atoms with Crippen molar-refractivity contribution in [2.75, 3.05) is 6.61 Å². The average Bonchev–Trinajstić information content (AvgIpc) is 1.81. The fourth-order valence-corrected chi connectivity index (χ4v) is 0.864. The molecule has 0 saturated carbocycles. The summed E-state index contributed by atoms with van der Waals surface area (Å²) in [6.07, 6.45) is 0.610. The molecule has 0 radical (unpaired) electrons. The minimum absolute atomic E-state index is 0.151. The summed E-state index contributed by atoms with van der Waals surface area (Å²) in [5, 5.41) is 0. The Morgan fingerprint density at radius 3 is 2.23 bits per heavy atom. The monoisotopic (exact) mass is 250 g/mol. The van der Waals surface area contributed by atoms with Crippen LogP contribution in [0.4, 0.5) is 0 Å². The molecular weight excluding hydrogens is 236 g/mol. The van der Waals surface area contributed by atoms with Crippen LogP contribution in [0.2, 0.25) is 0 Å². The van der Waals surface area contributed by atoms with Crippen molar-refractivity contribution in [3.8, 4) is 0 Å². The highest BCUT2D eigenvalue weighted by Gasteiger charge is 2.12. The summed E-state index contributed by atoms with van der Waals surface area (Å²) < 4.78 is 4.50. The number of hydrogen-bond acceptors (Lipinski definition) is 3. The summed E-state index contributed by atoms with van der Waals surface area (Å²) in [5.41, 5.74) is 0.151. The molecule has 4 heteroatoms. The molecule has 3 nitrogen and oxygen atoms in total. The molecule has 0 fully saturated rings. The molecule has 0 N–H and O–H groups in total. The smallest absolute Gasteiger partial charge is 0.314 e. The number of carbonyl (C=O) groups is 2. The second-order valence-electron chi connectivity index (χ2n) is 4.06. The van der Waals surface area contributed by atoms with Gasteiger partial charge in [-0.2, -0.15) is 0 Å². The van der Waals surface area contributed by atoms with E-state index in [4.69, 9.17) is 4.74 Å².